The monoisotopic (exact) mass is 296 g/mol. The Labute approximate surface area is 130 Å². The molecular weight excluding hydrogens is 276 g/mol. The minimum absolute atomic E-state index is 0.00160. The Morgan fingerprint density at radius 1 is 0.955 bits per heavy atom. The van der Waals surface area contributed by atoms with Crippen molar-refractivity contribution in [3.63, 3.8) is 0 Å². The summed E-state index contributed by atoms with van der Waals surface area (Å²) < 4.78 is 0. The van der Waals surface area contributed by atoms with Gasteiger partial charge >= 0.3 is 0 Å². The number of hydrogen-bond acceptors (Lipinski definition) is 4. The van der Waals surface area contributed by atoms with Crippen molar-refractivity contribution in [2.45, 2.75) is 19.4 Å². The third-order valence-corrected chi connectivity index (χ3v) is 3.33. The van der Waals surface area contributed by atoms with Crippen LogP contribution < -0.4 is 0 Å². The zero-order chi connectivity index (χ0) is 15.9. The largest absolute Gasteiger partial charge is 0.305 e. The van der Waals surface area contributed by atoms with Crippen molar-refractivity contribution in [2.24, 2.45) is 0 Å². The zero-order valence-electron chi connectivity index (χ0n) is 13.0. The van der Waals surface area contributed by atoms with Crippen LogP contribution in [0.3, 0.4) is 0 Å². The molecule has 0 saturated carbocycles. The van der Waals surface area contributed by atoms with E-state index in [0.29, 0.717) is 17.8 Å². The lowest BCUT2D eigenvalue weighted by atomic mass is 9.99. The lowest BCUT2D eigenvalue weighted by Crippen LogP contribution is -2.15. The van der Waals surface area contributed by atoms with Gasteiger partial charge in [0.25, 0.3) is 0 Å². The smallest absolute Gasteiger partial charge is 0.181 e. The molecule has 0 atom stereocenters. The van der Waals surface area contributed by atoms with E-state index in [2.05, 4.69) is 4.98 Å². The molecule has 2 aromatic rings. The van der Waals surface area contributed by atoms with Gasteiger partial charge < -0.3 is 4.90 Å². The standard InChI is InChI=1S/C18H20N2O2/c1-20(2)13-14-7-3-4-8-15(14)17(21)10-11-18(22)16-9-5-6-12-19-16/h3-9,12H,10-11,13H2,1-2H3. The fourth-order valence-electron chi connectivity index (χ4n) is 2.29. The summed E-state index contributed by atoms with van der Waals surface area (Å²) in [6.45, 7) is 0.704. The van der Waals surface area contributed by atoms with Crippen LogP contribution >= 0.6 is 0 Å². The fourth-order valence-corrected chi connectivity index (χ4v) is 2.29. The van der Waals surface area contributed by atoms with Crippen LogP contribution in [0.25, 0.3) is 0 Å². The number of pyridine rings is 1. The molecule has 1 aromatic carbocycles. The average molecular weight is 296 g/mol. The summed E-state index contributed by atoms with van der Waals surface area (Å²) in [5.41, 5.74) is 2.10. The Balaban J connectivity index is 2.02. The molecule has 4 heteroatoms. The van der Waals surface area contributed by atoms with E-state index in [9.17, 15) is 9.59 Å². The zero-order valence-corrected chi connectivity index (χ0v) is 13.0. The van der Waals surface area contributed by atoms with E-state index in [1.165, 1.54) is 0 Å². The number of benzene rings is 1. The fraction of sp³-hybridized carbons (Fsp3) is 0.278. The van der Waals surface area contributed by atoms with Gasteiger partial charge in [-0.25, -0.2) is 0 Å². The van der Waals surface area contributed by atoms with Gasteiger partial charge in [-0.05, 0) is 31.8 Å². The van der Waals surface area contributed by atoms with Crippen molar-refractivity contribution < 1.29 is 9.59 Å². The second kappa shape index (κ2) is 7.61. The molecule has 4 nitrogen and oxygen atoms in total. The van der Waals surface area contributed by atoms with E-state index in [1.807, 2.05) is 43.3 Å². The first kappa shape index (κ1) is 16.0. The Kier molecular flexibility index (Phi) is 5.55. The van der Waals surface area contributed by atoms with E-state index in [1.54, 1.807) is 24.4 Å². The Bertz CT molecular complexity index is 651. The molecule has 0 spiro atoms. The molecule has 0 unspecified atom stereocenters. The van der Waals surface area contributed by atoms with Gasteiger partial charge in [-0.2, -0.15) is 0 Å². The second-order valence-electron chi connectivity index (χ2n) is 5.46. The highest BCUT2D eigenvalue weighted by Crippen LogP contribution is 2.14. The van der Waals surface area contributed by atoms with E-state index in [-0.39, 0.29) is 24.4 Å². The summed E-state index contributed by atoms with van der Waals surface area (Å²) >= 11 is 0. The van der Waals surface area contributed by atoms with Gasteiger partial charge in [0.05, 0.1) is 0 Å². The van der Waals surface area contributed by atoms with Crippen LogP contribution in [0.15, 0.2) is 48.7 Å². The van der Waals surface area contributed by atoms with E-state index in [0.717, 1.165) is 5.56 Å². The third-order valence-electron chi connectivity index (χ3n) is 3.33. The molecule has 1 aromatic heterocycles. The predicted octanol–water partition coefficient (Wildman–Crippen LogP) is 2.99. The van der Waals surface area contributed by atoms with Crippen molar-refractivity contribution >= 4 is 11.6 Å². The molecule has 0 aliphatic heterocycles. The van der Waals surface area contributed by atoms with E-state index >= 15 is 0 Å². The lowest BCUT2D eigenvalue weighted by molar-refractivity contribution is 0.0914. The van der Waals surface area contributed by atoms with Crippen molar-refractivity contribution in [3.05, 3.63) is 65.5 Å². The third kappa shape index (κ3) is 4.33. The van der Waals surface area contributed by atoms with Crippen molar-refractivity contribution in [1.29, 1.82) is 0 Å². The van der Waals surface area contributed by atoms with Gasteiger partial charge in [-0.1, -0.05) is 30.3 Å². The highest BCUT2D eigenvalue weighted by Gasteiger charge is 2.14. The van der Waals surface area contributed by atoms with Crippen LogP contribution in [-0.2, 0) is 6.54 Å². The first-order valence-electron chi connectivity index (χ1n) is 7.28. The molecule has 1 heterocycles. The number of carbonyl (C=O) groups excluding carboxylic acids is 2. The van der Waals surface area contributed by atoms with E-state index < -0.39 is 0 Å². The molecule has 0 fully saturated rings. The Morgan fingerprint density at radius 3 is 2.32 bits per heavy atom. The summed E-state index contributed by atoms with van der Waals surface area (Å²) in [7, 11) is 3.93. The van der Waals surface area contributed by atoms with Gasteiger partial charge in [0, 0.05) is 31.1 Å². The summed E-state index contributed by atoms with van der Waals surface area (Å²) in [5.74, 6) is -0.0965. The number of aromatic nitrogens is 1. The first-order chi connectivity index (χ1) is 10.6. The lowest BCUT2D eigenvalue weighted by Gasteiger charge is -2.13. The van der Waals surface area contributed by atoms with Crippen LogP contribution in [0.4, 0.5) is 0 Å². The molecule has 0 aliphatic rings. The maximum absolute atomic E-state index is 12.4. The normalized spacial score (nSPS) is 10.7. The molecule has 114 valence electrons. The maximum atomic E-state index is 12.4. The van der Waals surface area contributed by atoms with Crippen molar-refractivity contribution in [3.8, 4) is 0 Å². The minimum atomic E-state index is -0.0981. The van der Waals surface area contributed by atoms with Gasteiger partial charge in [0.1, 0.15) is 5.69 Å². The minimum Gasteiger partial charge on any atom is -0.305 e. The second-order valence-corrected chi connectivity index (χ2v) is 5.46. The summed E-state index contributed by atoms with van der Waals surface area (Å²) in [6, 6.07) is 12.8. The molecule has 0 bridgehead atoms. The first-order valence-corrected chi connectivity index (χ1v) is 7.28. The molecule has 0 N–H and O–H groups in total. The summed E-state index contributed by atoms with van der Waals surface area (Å²) in [4.78, 5) is 30.4. The highest BCUT2D eigenvalue weighted by atomic mass is 16.1. The highest BCUT2D eigenvalue weighted by molar-refractivity contribution is 6.02. The number of rotatable bonds is 7. The summed E-state index contributed by atoms with van der Waals surface area (Å²) in [6.07, 6.45) is 1.98. The van der Waals surface area contributed by atoms with Crippen LogP contribution in [-0.4, -0.2) is 35.5 Å². The molecule has 0 radical (unpaired) electrons. The molecule has 0 aliphatic carbocycles. The van der Waals surface area contributed by atoms with Crippen LogP contribution in [0.5, 0.6) is 0 Å². The predicted molar refractivity (Wildman–Crippen MR) is 86.0 cm³/mol. The molecule has 0 amide bonds. The van der Waals surface area contributed by atoms with Crippen LogP contribution in [0.2, 0.25) is 0 Å². The average Bonchev–Trinajstić information content (AvgIpc) is 2.53. The Morgan fingerprint density at radius 2 is 1.64 bits per heavy atom. The Hall–Kier alpha value is -2.33. The molecule has 22 heavy (non-hydrogen) atoms. The number of ketones is 2. The number of carbonyl (C=O) groups is 2. The van der Waals surface area contributed by atoms with Gasteiger partial charge in [-0.15, -0.1) is 0 Å². The molecular formula is C18H20N2O2. The number of Topliss-reactive ketones (excluding diaryl/α,β-unsaturated/α-hetero) is 2. The van der Waals surface area contributed by atoms with Gasteiger partial charge in [0.2, 0.25) is 0 Å². The quantitative estimate of drug-likeness (QED) is 0.737. The SMILES string of the molecule is CN(C)Cc1ccccc1C(=O)CCC(=O)c1ccccn1. The maximum Gasteiger partial charge on any atom is 0.181 e. The number of nitrogens with zero attached hydrogens (tertiary/aromatic N) is 2. The molecule has 0 saturated heterocycles. The van der Waals surface area contributed by atoms with Gasteiger partial charge in [0.15, 0.2) is 11.6 Å². The van der Waals surface area contributed by atoms with Crippen LogP contribution in [0.1, 0.15) is 39.3 Å². The number of hydrogen-bond donors (Lipinski definition) is 0. The topological polar surface area (TPSA) is 50.3 Å². The van der Waals surface area contributed by atoms with Gasteiger partial charge in [-0.3, -0.25) is 14.6 Å². The summed E-state index contributed by atoms with van der Waals surface area (Å²) in [5, 5.41) is 0. The molecule has 2 rings (SSSR count). The van der Waals surface area contributed by atoms with Crippen LogP contribution in [0, 0.1) is 0 Å². The van der Waals surface area contributed by atoms with E-state index in [4.69, 9.17) is 0 Å². The van der Waals surface area contributed by atoms with Crippen molar-refractivity contribution in [2.75, 3.05) is 14.1 Å². The van der Waals surface area contributed by atoms with Crippen molar-refractivity contribution in [1.82, 2.24) is 9.88 Å².